The van der Waals surface area contributed by atoms with Crippen LogP contribution < -0.4 is 58.5 Å². The lowest BCUT2D eigenvalue weighted by Crippen LogP contribution is -2.53. The molecule has 1 unspecified atom stereocenters. The molecule has 0 bridgehead atoms. The van der Waals surface area contributed by atoms with Crippen LogP contribution >= 0.6 is 57.7 Å². The van der Waals surface area contributed by atoms with Gasteiger partial charge in [0.2, 0.25) is 19.1 Å². The molecule has 27 nitrogen and oxygen atoms in total. The van der Waals surface area contributed by atoms with Crippen LogP contribution in [0.15, 0.2) is 170 Å². The highest BCUT2D eigenvalue weighted by molar-refractivity contribution is 8.13. The molecule has 7 fully saturated rings. The van der Waals surface area contributed by atoms with Crippen LogP contribution in [0.5, 0.6) is 0 Å². The Morgan fingerprint density at radius 3 is 0.940 bits per heavy atom. The zero-order chi connectivity index (χ0) is 83.3. The smallest absolute Gasteiger partial charge is 0.322 e. The van der Waals surface area contributed by atoms with Crippen LogP contribution in [0.2, 0.25) is 0 Å². The first-order chi connectivity index (χ1) is 53.9. The van der Waals surface area contributed by atoms with E-state index >= 15 is 0 Å². The van der Waals surface area contributed by atoms with E-state index in [9.17, 15) is 78.4 Å². The van der Waals surface area contributed by atoms with Crippen LogP contribution in [0.25, 0.3) is 0 Å². The molecule has 11 N–H and O–H groups in total. The maximum absolute atomic E-state index is 13.0. The van der Waals surface area contributed by atoms with E-state index in [0.29, 0.717) is 54.9 Å². The number of thioether (sulfide) groups is 4. The van der Waals surface area contributed by atoms with Crippen molar-refractivity contribution in [2.75, 3.05) is 60.7 Å². The third kappa shape index (κ3) is 33.1. The van der Waals surface area contributed by atoms with Gasteiger partial charge in [0.05, 0.1) is 17.3 Å². The van der Waals surface area contributed by atoms with Gasteiger partial charge in [0.15, 0.2) is 0 Å². The highest BCUT2D eigenvalue weighted by atomic mass is 35.7. The lowest BCUT2D eigenvalue weighted by atomic mass is 9.90. The summed E-state index contributed by atoms with van der Waals surface area (Å²) in [5.41, 5.74) is 1.94. The third-order valence-electron chi connectivity index (χ3n) is 18.3. The summed E-state index contributed by atoms with van der Waals surface area (Å²) in [7, 11) is -2.56. The summed E-state index contributed by atoms with van der Waals surface area (Å²) < 4.78 is 73.6. The first-order valence-corrected chi connectivity index (χ1v) is 44.8. The predicted octanol–water partition coefficient (Wildman–Crippen LogP) is 10.3. The van der Waals surface area contributed by atoms with E-state index < -0.39 is 100 Å². The fraction of sp³-hybridized carbons (Fsp3) is 0.412. The van der Waals surface area contributed by atoms with Gasteiger partial charge in [0.25, 0.3) is 29.5 Å². The summed E-state index contributed by atoms with van der Waals surface area (Å²) in [4.78, 5) is 123. The number of piperidine rings is 2. The second kappa shape index (κ2) is 47.1. The Bertz CT molecular complexity index is 4370. The SMILES string of the molecule is C.C.CC(=O)CSCc1ccccc1.CC1(CSCc2ccccc2)NC(=O)NC1=O.C[C@@]1(CSCc2ccccc2)NC(=O)NC1=O.C[C@]1(CS(=O)(=O)Cl)NC(=O)NC1=O.C[C@]1(CS(=O)(=O)N2CCC(c3ccc(F)cc3)CC2)NC(=O)NC1=O.C[C@]1(CSCc2ccccc2)NC(=O)NC1=O.Fc1ccc(C2CCNCC2)cc1.[B]. The molecule has 0 spiro atoms. The van der Waals surface area contributed by atoms with Crippen LogP contribution in [-0.4, -0.2) is 183 Å². The number of rotatable bonds is 23. The quantitative estimate of drug-likeness (QED) is 0.0161. The number of benzene rings is 6. The monoisotopic (exact) mass is 1750 g/mol. The minimum atomic E-state index is -3.83. The summed E-state index contributed by atoms with van der Waals surface area (Å²) >= 11 is 6.56. The number of ketones is 1. The first-order valence-electron chi connectivity index (χ1n) is 36.1. The molecular formula is C80H103BClF2N12O15S6. The number of hydrogen-bond acceptors (Lipinski definition) is 20. The van der Waals surface area contributed by atoms with Crippen molar-refractivity contribution in [2.45, 2.75) is 145 Å². The van der Waals surface area contributed by atoms with E-state index in [1.807, 2.05) is 127 Å². The molecule has 3 radical (unpaired) electrons. The second-order valence-electron chi connectivity index (χ2n) is 28.6. The largest absolute Gasteiger partial charge is 0.323 e. The molecule has 117 heavy (non-hydrogen) atoms. The predicted molar refractivity (Wildman–Crippen MR) is 460 cm³/mol. The van der Waals surface area contributed by atoms with Crippen molar-refractivity contribution in [3.63, 3.8) is 0 Å². The molecular weight excluding hydrogens is 1650 g/mol. The van der Waals surface area contributed by atoms with E-state index in [2.05, 4.69) is 65.3 Å². The Balaban J connectivity index is 0.000000290. The average molecular weight is 1750 g/mol. The van der Waals surface area contributed by atoms with E-state index in [1.165, 1.54) is 70.9 Å². The molecule has 37 heteroatoms. The van der Waals surface area contributed by atoms with Gasteiger partial charge in [0.1, 0.15) is 45.1 Å². The van der Waals surface area contributed by atoms with E-state index in [1.54, 1.807) is 99.0 Å². The number of halogens is 3. The number of amides is 15. The topological polar surface area (TPSA) is 392 Å². The fourth-order valence-corrected chi connectivity index (χ4v) is 19.7. The Morgan fingerprint density at radius 2 is 0.675 bits per heavy atom. The number of carbonyl (C=O) groups excluding carboxylic acids is 11. The highest BCUT2D eigenvalue weighted by Crippen LogP contribution is 2.32. The molecule has 633 valence electrons. The minimum absolute atomic E-state index is 0. The summed E-state index contributed by atoms with van der Waals surface area (Å²) in [6.07, 6.45) is 3.59. The summed E-state index contributed by atoms with van der Waals surface area (Å²) in [5, 5.41) is 26.5. The summed E-state index contributed by atoms with van der Waals surface area (Å²) in [5.74, 6) is 3.20. The lowest BCUT2D eigenvalue weighted by molar-refractivity contribution is -0.123. The molecule has 5 atom stereocenters. The van der Waals surface area contributed by atoms with Crippen LogP contribution in [0.3, 0.4) is 0 Å². The molecule has 7 saturated heterocycles. The summed E-state index contributed by atoms with van der Waals surface area (Å²) in [6.45, 7) is 12.4. The number of urea groups is 5. The van der Waals surface area contributed by atoms with Crippen molar-refractivity contribution >= 4 is 151 Å². The number of sulfonamides is 1. The van der Waals surface area contributed by atoms with E-state index in [0.717, 1.165) is 41.7 Å². The first kappa shape index (κ1) is 100. The summed E-state index contributed by atoms with van der Waals surface area (Å²) in [6, 6.07) is 50.9. The highest BCUT2D eigenvalue weighted by Gasteiger charge is 2.48. The van der Waals surface area contributed by atoms with E-state index in [4.69, 9.17) is 10.7 Å². The number of imide groups is 5. The van der Waals surface area contributed by atoms with Crippen molar-refractivity contribution in [3.8, 4) is 0 Å². The molecule has 7 aliphatic rings. The number of nitrogens with one attached hydrogen (secondary N) is 11. The van der Waals surface area contributed by atoms with Gasteiger partial charge < -0.3 is 31.9 Å². The van der Waals surface area contributed by atoms with Gasteiger partial charge in [-0.3, -0.25) is 55.4 Å². The normalized spacial score (nSPS) is 21.9. The number of Topliss-reactive ketones (excluding diaryl/α,β-unsaturated/α-hetero) is 1. The lowest BCUT2D eigenvalue weighted by Gasteiger charge is -2.33. The Hall–Kier alpha value is -8.88. The minimum Gasteiger partial charge on any atom is -0.323 e. The maximum atomic E-state index is 13.0. The molecule has 0 aromatic heterocycles. The molecule has 6 aromatic carbocycles. The van der Waals surface area contributed by atoms with Gasteiger partial charge in [-0.25, -0.2) is 53.9 Å². The van der Waals surface area contributed by atoms with E-state index in [-0.39, 0.29) is 64.3 Å². The second-order valence-corrected chi connectivity index (χ2v) is 37.2. The molecule has 15 amide bonds. The Morgan fingerprint density at radius 1 is 0.410 bits per heavy atom. The molecule has 0 saturated carbocycles. The van der Waals surface area contributed by atoms with Crippen molar-refractivity contribution in [1.82, 2.24) is 62.8 Å². The van der Waals surface area contributed by atoms with Crippen molar-refractivity contribution in [1.29, 1.82) is 0 Å². The fourth-order valence-electron chi connectivity index (χ4n) is 12.0. The number of carbonyl (C=O) groups is 11. The zero-order valence-electron chi connectivity index (χ0n) is 64.3. The van der Waals surface area contributed by atoms with Crippen LogP contribution in [-0.2, 0) is 70.9 Å². The number of nitrogens with zero attached hydrogens (tertiary/aromatic N) is 1. The number of hydrogen-bond donors (Lipinski definition) is 11. The molecule has 13 rings (SSSR count). The molecule has 7 heterocycles. The van der Waals surface area contributed by atoms with Crippen LogP contribution in [0, 0.1) is 11.6 Å². The van der Waals surface area contributed by atoms with Crippen LogP contribution in [0.4, 0.5) is 32.8 Å². The maximum Gasteiger partial charge on any atom is 0.322 e. The van der Waals surface area contributed by atoms with Crippen molar-refractivity contribution in [3.05, 3.63) is 215 Å². The molecule has 7 aliphatic heterocycles. The van der Waals surface area contributed by atoms with Crippen LogP contribution in [0.1, 0.15) is 127 Å². The molecule has 0 aliphatic carbocycles. The van der Waals surface area contributed by atoms with Gasteiger partial charge in [-0.1, -0.05) is 160 Å². The zero-order valence-corrected chi connectivity index (χ0v) is 69.9. The van der Waals surface area contributed by atoms with Gasteiger partial charge in [0, 0.05) is 72.5 Å². The van der Waals surface area contributed by atoms with Gasteiger partial charge in [-0.05, 0) is 150 Å². The van der Waals surface area contributed by atoms with Gasteiger partial charge in [-0.15, -0.1) is 11.8 Å². The molecule has 6 aromatic rings. The van der Waals surface area contributed by atoms with Crippen molar-refractivity contribution < 1.29 is 78.4 Å². The third-order valence-corrected chi connectivity index (χ3v) is 26.8. The van der Waals surface area contributed by atoms with Gasteiger partial charge >= 0.3 is 30.2 Å². The Labute approximate surface area is 707 Å². The Kier molecular flexibility index (Phi) is 40.4. The standard InChI is InChI=1S/C16H20FN3O4S.3C12H14N2O2S.C11H14FN.C10H12OS.C5H7ClN2O4S.2CH4.B/c1-16(14(21)18-15(22)19-16)10-25(23,24)20-8-6-12(7-9-20)11-2-4-13(17)5-3-11;3*1-12(10(15)13-11(16)14-12)8-17-7-9-5-3-2-4-6-9;12-11-3-1-9(2-4-11)10-5-7-13-8-6-10;1-9(11)7-12-8-10-5-3-2-4-6-10;1-5(2-13(6,11)12)3(9)7-4(10)8-5;;;/h2-5,12H,6-10H2,1H3,(H2,18,19,21,22);3*2-6H,7-8H2,1H3,(H2,13,14,15,16);1-4,10,13H,5-8H2;2-6H,7-8H2,1H3;2H2,1H3,(H2,7,8,9,10);2*1H4;/t16-;2*12-;;;;5-;;;/m110...1.../s1. The van der Waals surface area contributed by atoms with Gasteiger partial charge in [-0.2, -0.15) is 35.3 Å². The van der Waals surface area contributed by atoms with Crippen molar-refractivity contribution in [2.24, 2.45) is 0 Å². The average Bonchev–Trinajstić information content (AvgIpc) is 1.75.